The van der Waals surface area contributed by atoms with Gasteiger partial charge in [0.25, 0.3) is 0 Å². The van der Waals surface area contributed by atoms with Crippen molar-refractivity contribution in [2.75, 3.05) is 13.7 Å². The zero-order chi connectivity index (χ0) is 14.8. The van der Waals surface area contributed by atoms with Crippen LogP contribution in [0.3, 0.4) is 0 Å². The second-order valence-corrected chi connectivity index (χ2v) is 5.69. The lowest BCUT2D eigenvalue weighted by molar-refractivity contribution is 0.211. The first-order chi connectivity index (χ1) is 10.2. The second-order valence-electron chi connectivity index (χ2n) is 5.69. The van der Waals surface area contributed by atoms with Gasteiger partial charge in [-0.2, -0.15) is 0 Å². The van der Waals surface area contributed by atoms with Crippen molar-refractivity contribution in [3.8, 4) is 11.5 Å². The lowest BCUT2D eigenvalue weighted by Crippen LogP contribution is -2.14. The summed E-state index contributed by atoms with van der Waals surface area (Å²) in [6, 6.07) is 13.5. The van der Waals surface area contributed by atoms with E-state index in [2.05, 4.69) is 12.1 Å². The molecule has 3 heteroatoms. The van der Waals surface area contributed by atoms with Crippen molar-refractivity contribution in [2.24, 2.45) is 5.92 Å². The Balaban J connectivity index is 1.88. The molecule has 2 N–H and O–H groups in total. The predicted molar refractivity (Wildman–Crippen MR) is 81.8 cm³/mol. The summed E-state index contributed by atoms with van der Waals surface area (Å²) in [6.45, 7) is 0.194. The fourth-order valence-corrected chi connectivity index (χ4v) is 3.28. The van der Waals surface area contributed by atoms with Gasteiger partial charge in [0, 0.05) is 6.61 Å². The number of fused-ring (bicyclic) bond motifs is 1. The number of ether oxygens (including phenoxy) is 1. The molecule has 2 aromatic carbocycles. The van der Waals surface area contributed by atoms with Gasteiger partial charge in [-0.1, -0.05) is 18.2 Å². The Morgan fingerprint density at radius 3 is 2.57 bits per heavy atom. The molecule has 2 unspecified atom stereocenters. The first kappa shape index (κ1) is 14.0. The van der Waals surface area contributed by atoms with Crippen molar-refractivity contribution in [1.82, 2.24) is 0 Å². The molecule has 0 spiro atoms. The Morgan fingerprint density at radius 2 is 1.90 bits per heavy atom. The van der Waals surface area contributed by atoms with E-state index in [-0.39, 0.29) is 18.3 Å². The van der Waals surface area contributed by atoms with Gasteiger partial charge in [0.05, 0.1) is 7.11 Å². The summed E-state index contributed by atoms with van der Waals surface area (Å²) in [5, 5.41) is 19.1. The third kappa shape index (κ3) is 2.74. The summed E-state index contributed by atoms with van der Waals surface area (Å²) in [5.74, 6) is 1.73. The molecule has 21 heavy (non-hydrogen) atoms. The van der Waals surface area contributed by atoms with E-state index in [9.17, 15) is 10.2 Å². The number of aromatic hydroxyl groups is 1. The van der Waals surface area contributed by atoms with Crippen LogP contribution in [0.1, 0.15) is 22.6 Å². The summed E-state index contributed by atoms with van der Waals surface area (Å²) < 4.78 is 5.28. The standard InChI is InChI=1S/C18H20O3/c1-21-16-6-7-17-13(10-16)9-14(11-19)18(17)8-12-2-4-15(20)5-3-12/h2-7,10,14,18-20H,8-9,11H2,1H3. The minimum Gasteiger partial charge on any atom is -0.508 e. The highest BCUT2D eigenvalue weighted by Crippen LogP contribution is 2.41. The van der Waals surface area contributed by atoms with Crippen molar-refractivity contribution < 1.29 is 14.9 Å². The lowest BCUT2D eigenvalue weighted by atomic mass is 9.87. The van der Waals surface area contributed by atoms with E-state index < -0.39 is 0 Å². The quantitative estimate of drug-likeness (QED) is 0.907. The molecule has 2 atom stereocenters. The highest BCUT2D eigenvalue weighted by Gasteiger charge is 2.32. The van der Waals surface area contributed by atoms with E-state index in [0.29, 0.717) is 5.92 Å². The number of hydrogen-bond acceptors (Lipinski definition) is 3. The molecule has 2 aromatic rings. The number of hydrogen-bond donors (Lipinski definition) is 2. The van der Waals surface area contributed by atoms with Gasteiger partial charge in [-0.15, -0.1) is 0 Å². The molecule has 0 fully saturated rings. The van der Waals surface area contributed by atoms with Crippen molar-refractivity contribution in [2.45, 2.75) is 18.8 Å². The maximum absolute atomic E-state index is 9.69. The lowest BCUT2D eigenvalue weighted by Gasteiger charge is -2.18. The number of phenols is 1. The summed E-state index contributed by atoms with van der Waals surface area (Å²) in [4.78, 5) is 0. The average Bonchev–Trinajstić information content (AvgIpc) is 2.86. The fraction of sp³-hybridized carbons (Fsp3) is 0.333. The third-order valence-electron chi connectivity index (χ3n) is 4.43. The van der Waals surface area contributed by atoms with Crippen LogP contribution in [0.4, 0.5) is 0 Å². The summed E-state index contributed by atoms with van der Waals surface area (Å²) in [7, 11) is 1.67. The summed E-state index contributed by atoms with van der Waals surface area (Å²) in [6.07, 6.45) is 1.77. The molecule has 3 nitrogen and oxygen atoms in total. The Morgan fingerprint density at radius 1 is 1.14 bits per heavy atom. The predicted octanol–water partition coefficient (Wildman–Crippen LogP) is 2.89. The third-order valence-corrected chi connectivity index (χ3v) is 4.43. The number of aliphatic hydroxyl groups excluding tert-OH is 1. The van der Waals surface area contributed by atoms with Crippen LogP contribution in [-0.4, -0.2) is 23.9 Å². The van der Waals surface area contributed by atoms with Crippen LogP contribution in [0, 0.1) is 5.92 Å². The van der Waals surface area contributed by atoms with Crippen LogP contribution in [0.15, 0.2) is 42.5 Å². The molecule has 3 rings (SSSR count). The Labute approximate surface area is 124 Å². The maximum Gasteiger partial charge on any atom is 0.119 e. The minimum absolute atomic E-state index is 0.194. The zero-order valence-electron chi connectivity index (χ0n) is 12.1. The largest absolute Gasteiger partial charge is 0.508 e. The molecule has 0 radical (unpaired) electrons. The number of benzene rings is 2. The van der Waals surface area contributed by atoms with E-state index in [1.165, 1.54) is 16.7 Å². The van der Waals surface area contributed by atoms with Crippen LogP contribution in [0.25, 0.3) is 0 Å². The summed E-state index contributed by atoms with van der Waals surface area (Å²) in [5.41, 5.74) is 3.76. The van der Waals surface area contributed by atoms with Crippen molar-refractivity contribution in [1.29, 1.82) is 0 Å². The monoisotopic (exact) mass is 284 g/mol. The van der Waals surface area contributed by atoms with Gasteiger partial charge < -0.3 is 14.9 Å². The van der Waals surface area contributed by atoms with Gasteiger partial charge in [0.15, 0.2) is 0 Å². The van der Waals surface area contributed by atoms with E-state index in [1.54, 1.807) is 19.2 Å². The highest BCUT2D eigenvalue weighted by atomic mass is 16.5. The van der Waals surface area contributed by atoms with E-state index >= 15 is 0 Å². The molecule has 0 amide bonds. The van der Waals surface area contributed by atoms with Gasteiger partial charge in [-0.25, -0.2) is 0 Å². The first-order valence-electron chi connectivity index (χ1n) is 7.27. The summed E-state index contributed by atoms with van der Waals surface area (Å²) >= 11 is 0. The Kier molecular flexibility index (Phi) is 3.84. The Bertz CT molecular complexity index is 619. The molecular formula is C18H20O3. The first-order valence-corrected chi connectivity index (χ1v) is 7.27. The normalized spacial score (nSPS) is 20.3. The Hall–Kier alpha value is -2.00. The molecule has 110 valence electrons. The van der Waals surface area contributed by atoms with E-state index in [4.69, 9.17) is 4.74 Å². The van der Waals surface area contributed by atoms with Crippen LogP contribution in [0.5, 0.6) is 11.5 Å². The smallest absolute Gasteiger partial charge is 0.119 e. The van der Waals surface area contributed by atoms with Crippen molar-refractivity contribution >= 4 is 0 Å². The molecule has 0 saturated carbocycles. The van der Waals surface area contributed by atoms with Gasteiger partial charge in [0.1, 0.15) is 11.5 Å². The van der Waals surface area contributed by atoms with Crippen LogP contribution >= 0.6 is 0 Å². The van der Waals surface area contributed by atoms with Crippen LogP contribution in [-0.2, 0) is 12.8 Å². The molecular weight excluding hydrogens is 264 g/mol. The maximum atomic E-state index is 9.69. The number of phenolic OH excluding ortho intramolecular Hbond substituents is 1. The van der Waals surface area contributed by atoms with Crippen molar-refractivity contribution in [3.63, 3.8) is 0 Å². The number of aliphatic hydroxyl groups is 1. The SMILES string of the molecule is COc1ccc2c(c1)CC(CO)C2Cc1ccc(O)cc1. The molecule has 0 bridgehead atoms. The van der Waals surface area contributed by atoms with E-state index in [1.807, 2.05) is 18.2 Å². The molecule has 0 aliphatic heterocycles. The van der Waals surface area contributed by atoms with Crippen LogP contribution in [0.2, 0.25) is 0 Å². The molecule has 0 aromatic heterocycles. The minimum atomic E-state index is 0.194. The van der Waals surface area contributed by atoms with E-state index in [0.717, 1.165) is 18.6 Å². The fourth-order valence-electron chi connectivity index (χ4n) is 3.28. The van der Waals surface area contributed by atoms with Gasteiger partial charge >= 0.3 is 0 Å². The van der Waals surface area contributed by atoms with Gasteiger partial charge in [0.2, 0.25) is 0 Å². The van der Waals surface area contributed by atoms with Gasteiger partial charge in [-0.3, -0.25) is 0 Å². The topological polar surface area (TPSA) is 49.7 Å². The second kappa shape index (κ2) is 5.78. The molecule has 1 aliphatic rings. The van der Waals surface area contributed by atoms with Crippen LogP contribution < -0.4 is 4.74 Å². The molecule has 1 aliphatic carbocycles. The molecule has 0 heterocycles. The number of rotatable bonds is 4. The number of methoxy groups -OCH3 is 1. The average molecular weight is 284 g/mol. The molecule has 0 saturated heterocycles. The van der Waals surface area contributed by atoms with Gasteiger partial charge in [-0.05, 0) is 65.6 Å². The van der Waals surface area contributed by atoms with Crippen molar-refractivity contribution in [3.05, 3.63) is 59.2 Å². The zero-order valence-corrected chi connectivity index (χ0v) is 12.1. The highest BCUT2D eigenvalue weighted by molar-refractivity contribution is 5.43.